The third kappa shape index (κ3) is 4.49. The summed E-state index contributed by atoms with van der Waals surface area (Å²) < 4.78 is 7.02. The molecule has 2 heterocycles. The van der Waals surface area contributed by atoms with E-state index >= 15 is 0 Å². The molecule has 2 aromatic heterocycles. The molecule has 3 aromatic rings. The summed E-state index contributed by atoms with van der Waals surface area (Å²) in [4.78, 5) is 27.8. The zero-order chi connectivity index (χ0) is 18.5. The fourth-order valence-electron chi connectivity index (χ4n) is 2.23. The molecule has 6 nitrogen and oxygen atoms in total. The van der Waals surface area contributed by atoms with Gasteiger partial charge < -0.3 is 14.6 Å². The van der Waals surface area contributed by atoms with Gasteiger partial charge in [0.05, 0.1) is 5.69 Å². The van der Waals surface area contributed by atoms with Crippen LogP contribution in [0.1, 0.15) is 16.1 Å². The van der Waals surface area contributed by atoms with Gasteiger partial charge in [-0.3, -0.25) is 14.6 Å². The minimum Gasteiger partial charge on any atom is -0.489 e. The standard InChI is InChI=1S/C19H16ClN3O3/c1-23-11-15(6-8-18(23)24)22-19(25)17-7-5-13(10-21-17)12-26-16-4-2-3-14(20)9-16/h2-11H,12H2,1H3,(H,22,25). The Hall–Kier alpha value is -3.12. The normalized spacial score (nSPS) is 10.4. The number of hydrogen-bond acceptors (Lipinski definition) is 4. The van der Waals surface area contributed by atoms with Crippen LogP contribution < -0.4 is 15.6 Å². The number of aromatic nitrogens is 2. The molecule has 0 fully saturated rings. The van der Waals surface area contributed by atoms with E-state index < -0.39 is 0 Å². The van der Waals surface area contributed by atoms with Crippen LogP contribution in [0.2, 0.25) is 5.02 Å². The first-order chi connectivity index (χ1) is 12.5. The van der Waals surface area contributed by atoms with Gasteiger partial charge in [-0.25, -0.2) is 0 Å². The number of aryl methyl sites for hydroxylation is 1. The Kier molecular flexibility index (Phi) is 5.34. The smallest absolute Gasteiger partial charge is 0.274 e. The summed E-state index contributed by atoms with van der Waals surface area (Å²) in [6.45, 7) is 0.316. The summed E-state index contributed by atoms with van der Waals surface area (Å²) in [6.07, 6.45) is 3.13. The first kappa shape index (κ1) is 17.7. The van der Waals surface area contributed by atoms with E-state index in [2.05, 4.69) is 10.3 Å². The lowest BCUT2D eigenvalue weighted by Crippen LogP contribution is -2.18. The van der Waals surface area contributed by atoms with Crippen LogP contribution >= 0.6 is 11.6 Å². The first-order valence-corrected chi connectivity index (χ1v) is 8.20. The lowest BCUT2D eigenvalue weighted by atomic mass is 10.2. The van der Waals surface area contributed by atoms with Crippen molar-refractivity contribution in [3.05, 3.63) is 87.6 Å². The first-order valence-electron chi connectivity index (χ1n) is 7.82. The van der Waals surface area contributed by atoms with Crippen molar-refractivity contribution in [3.8, 4) is 5.75 Å². The summed E-state index contributed by atoms with van der Waals surface area (Å²) in [5.74, 6) is 0.306. The molecule has 1 aromatic carbocycles. The van der Waals surface area contributed by atoms with Gasteiger partial charge in [-0.2, -0.15) is 0 Å². The third-order valence-corrected chi connectivity index (χ3v) is 3.84. The predicted molar refractivity (Wildman–Crippen MR) is 99.7 cm³/mol. The van der Waals surface area contributed by atoms with Crippen LogP contribution in [0.3, 0.4) is 0 Å². The molecule has 0 aliphatic heterocycles. The number of benzene rings is 1. The maximum absolute atomic E-state index is 12.2. The summed E-state index contributed by atoms with van der Waals surface area (Å²) in [5, 5.41) is 3.31. The van der Waals surface area contributed by atoms with Gasteiger partial charge in [0.15, 0.2) is 0 Å². The van der Waals surface area contributed by atoms with Crippen LogP contribution in [0.25, 0.3) is 0 Å². The van der Waals surface area contributed by atoms with Crippen molar-refractivity contribution in [2.45, 2.75) is 6.61 Å². The van der Waals surface area contributed by atoms with Gasteiger partial charge in [-0.05, 0) is 30.3 Å². The second-order valence-corrected chi connectivity index (χ2v) is 6.06. The Bertz CT molecular complexity index is 984. The number of ether oxygens (including phenoxy) is 1. The molecule has 3 rings (SSSR count). The number of halogens is 1. The predicted octanol–water partition coefficient (Wildman–Crippen LogP) is 3.27. The number of carbonyl (C=O) groups excluding carboxylic acids is 1. The highest BCUT2D eigenvalue weighted by atomic mass is 35.5. The van der Waals surface area contributed by atoms with Crippen molar-refractivity contribution in [3.63, 3.8) is 0 Å². The number of pyridine rings is 2. The van der Waals surface area contributed by atoms with Gasteiger partial charge in [0.25, 0.3) is 5.91 Å². The largest absolute Gasteiger partial charge is 0.489 e. The highest BCUT2D eigenvalue weighted by molar-refractivity contribution is 6.30. The van der Waals surface area contributed by atoms with Gasteiger partial charge in [-0.15, -0.1) is 0 Å². The molecule has 0 saturated heterocycles. The van der Waals surface area contributed by atoms with E-state index in [-0.39, 0.29) is 17.2 Å². The van der Waals surface area contributed by atoms with Crippen molar-refractivity contribution in [2.24, 2.45) is 7.05 Å². The van der Waals surface area contributed by atoms with Gasteiger partial charge in [-0.1, -0.05) is 23.7 Å². The van der Waals surface area contributed by atoms with E-state index in [0.717, 1.165) is 5.56 Å². The maximum atomic E-state index is 12.2. The van der Waals surface area contributed by atoms with Crippen molar-refractivity contribution in [2.75, 3.05) is 5.32 Å². The Morgan fingerprint density at radius 2 is 2.08 bits per heavy atom. The van der Waals surface area contributed by atoms with E-state index in [0.29, 0.717) is 23.1 Å². The minimum absolute atomic E-state index is 0.148. The summed E-state index contributed by atoms with van der Waals surface area (Å²) in [6, 6.07) is 13.4. The van der Waals surface area contributed by atoms with E-state index in [1.807, 2.05) is 12.1 Å². The van der Waals surface area contributed by atoms with E-state index in [9.17, 15) is 9.59 Å². The lowest BCUT2D eigenvalue weighted by Gasteiger charge is -2.08. The van der Waals surface area contributed by atoms with Gasteiger partial charge in [0.2, 0.25) is 5.56 Å². The molecule has 0 aliphatic rings. The Labute approximate surface area is 155 Å². The Balaban J connectivity index is 1.62. The molecule has 0 atom stereocenters. The van der Waals surface area contributed by atoms with Crippen molar-refractivity contribution in [1.29, 1.82) is 0 Å². The molecule has 7 heteroatoms. The maximum Gasteiger partial charge on any atom is 0.274 e. The third-order valence-electron chi connectivity index (χ3n) is 3.60. The highest BCUT2D eigenvalue weighted by Gasteiger charge is 2.08. The molecule has 132 valence electrons. The SMILES string of the molecule is Cn1cc(NC(=O)c2ccc(COc3cccc(Cl)c3)cn2)ccc1=O. The number of carbonyl (C=O) groups is 1. The zero-order valence-corrected chi connectivity index (χ0v) is 14.7. The molecular weight excluding hydrogens is 354 g/mol. The fourth-order valence-corrected chi connectivity index (χ4v) is 2.41. The van der Waals surface area contributed by atoms with E-state index in [1.54, 1.807) is 49.8 Å². The molecule has 0 spiro atoms. The monoisotopic (exact) mass is 369 g/mol. The van der Waals surface area contributed by atoms with Crippen LogP contribution in [0.4, 0.5) is 5.69 Å². The average Bonchev–Trinajstić information content (AvgIpc) is 2.63. The molecule has 1 N–H and O–H groups in total. The molecular formula is C19H16ClN3O3. The average molecular weight is 370 g/mol. The Morgan fingerprint density at radius 1 is 1.23 bits per heavy atom. The molecule has 26 heavy (non-hydrogen) atoms. The van der Waals surface area contributed by atoms with Crippen molar-refractivity contribution >= 4 is 23.2 Å². The van der Waals surface area contributed by atoms with E-state index in [1.165, 1.54) is 10.6 Å². The molecule has 0 unspecified atom stereocenters. The number of nitrogens with one attached hydrogen (secondary N) is 1. The number of nitrogens with zero attached hydrogens (tertiary/aromatic N) is 2. The fraction of sp³-hybridized carbons (Fsp3) is 0.105. The van der Waals surface area contributed by atoms with Crippen LogP contribution in [-0.2, 0) is 13.7 Å². The number of anilines is 1. The Morgan fingerprint density at radius 3 is 2.77 bits per heavy atom. The minimum atomic E-state index is -0.356. The van der Waals surface area contributed by atoms with Crippen molar-refractivity contribution < 1.29 is 9.53 Å². The van der Waals surface area contributed by atoms with Crippen LogP contribution in [0.5, 0.6) is 5.75 Å². The summed E-state index contributed by atoms with van der Waals surface area (Å²) in [7, 11) is 1.62. The van der Waals surface area contributed by atoms with Crippen LogP contribution in [0, 0.1) is 0 Å². The molecule has 0 saturated carbocycles. The van der Waals surface area contributed by atoms with Gasteiger partial charge in [0.1, 0.15) is 18.1 Å². The second kappa shape index (κ2) is 7.84. The van der Waals surface area contributed by atoms with Crippen LogP contribution in [-0.4, -0.2) is 15.5 Å². The topological polar surface area (TPSA) is 73.2 Å². The van der Waals surface area contributed by atoms with Gasteiger partial charge >= 0.3 is 0 Å². The lowest BCUT2D eigenvalue weighted by molar-refractivity contribution is 0.102. The van der Waals surface area contributed by atoms with Crippen LogP contribution in [0.15, 0.2) is 65.7 Å². The van der Waals surface area contributed by atoms with E-state index in [4.69, 9.17) is 16.3 Å². The van der Waals surface area contributed by atoms with Crippen molar-refractivity contribution in [1.82, 2.24) is 9.55 Å². The number of hydrogen-bond donors (Lipinski definition) is 1. The highest BCUT2D eigenvalue weighted by Crippen LogP contribution is 2.18. The summed E-state index contributed by atoms with van der Waals surface area (Å²) >= 11 is 5.91. The molecule has 0 bridgehead atoms. The molecule has 1 amide bonds. The summed E-state index contributed by atoms with van der Waals surface area (Å²) in [5.41, 5.74) is 1.46. The zero-order valence-electron chi connectivity index (χ0n) is 14.0. The molecule has 0 aliphatic carbocycles. The number of rotatable bonds is 5. The molecule has 0 radical (unpaired) electrons. The number of amides is 1. The second-order valence-electron chi connectivity index (χ2n) is 5.62. The van der Waals surface area contributed by atoms with Gasteiger partial charge in [0, 0.05) is 36.1 Å². The quantitative estimate of drug-likeness (QED) is 0.749.